The summed E-state index contributed by atoms with van der Waals surface area (Å²) in [7, 11) is 0.552. The van der Waals surface area contributed by atoms with E-state index in [-0.39, 0.29) is 17.5 Å². The summed E-state index contributed by atoms with van der Waals surface area (Å²) in [5, 5.41) is 7.98. The van der Waals surface area contributed by atoms with Gasteiger partial charge in [-0.05, 0) is 31.6 Å². The summed E-state index contributed by atoms with van der Waals surface area (Å²) in [4.78, 5) is 11.9. The molecule has 1 aliphatic carbocycles. The average molecular weight is 356 g/mol. The molecule has 2 aliphatic rings. The third kappa shape index (κ3) is 3.91. The Morgan fingerprint density at radius 1 is 1.17 bits per heavy atom. The normalized spacial score (nSPS) is 30.3. The minimum atomic E-state index is -2.89. The van der Waals surface area contributed by atoms with E-state index in [9.17, 15) is 13.2 Å². The maximum absolute atomic E-state index is 11.9. The second kappa shape index (κ2) is 7.00. The van der Waals surface area contributed by atoms with E-state index in [4.69, 9.17) is 0 Å². The largest absolute Gasteiger partial charge is 0.345 e. The number of sulfone groups is 1. The van der Waals surface area contributed by atoms with Crippen molar-refractivity contribution in [1.29, 1.82) is 0 Å². The summed E-state index contributed by atoms with van der Waals surface area (Å²) in [6, 6.07) is 0.385. The zero-order chi connectivity index (χ0) is 17.3. The van der Waals surface area contributed by atoms with Crippen LogP contribution in [0.1, 0.15) is 44.3 Å². The molecule has 2 fully saturated rings. The van der Waals surface area contributed by atoms with Crippen molar-refractivity contribution >= 4 is 9.84 Å². The fourth-order valence-corrected chi connectivity index (χ4v) is 5.80. The third-order valence-corrected chi connectivity index (χ3v) is 7.30. The summed E-state index contributed by atoms with van der Waals surface area (Å²) in [6.45, 7) is 0. The van der Waals surface area contributed by atoms with Crippen LogP contribution in [0.3, 0.4) is 0 Å². The van der Waals surface area contributed by atoms with Gasteiger partial charge in [-0.3, -0.25) is 4.57 Å². The van der Waals surface area contributed by atoms with Gasteiger partial charge in [-0.1, -0.05) is 12.8 Å². The molecule has 3 atom stereocenters. The van der Waals surface area contributed by atoms with Crippen molar-refractivity contribution in [1.82, 2.24) is 19.7 Å². The van der Waals surface area contributed by atoms with Crippen LogP contribution in [0.2, 0.25) is 0 Å². The molecule has 1 saturated carbocycles. The van der Waals surface area contributed by atoms with Gasteiger partial charge in [0.25, 0.3) is 0 Å². The topological polar surface area (TPSA) is 86.0 Å². The van der Waals surface area contributed by atoms with Gasteiger partial charge in [0, 0.05) is 32.6 Å². The number of hydrogen-bond donors (Lipinski definition) is 1. The molecule has 136 valence electrons. The van der Waals surface area contributed by atoms with E-state index in [1.54, 1.807) is 18.7 Å². The molecule has 1 aromatic rings. The highest BCUT2D eigenvalue weighted by molar-refractivity contribution is 7.91. The van der Waals surface area contributed by atoms with E-state index in [1.807, 2.05) is 0 Å². The zero-order valence-electron chi connectivity index (χ0n) is 14.6. The van der Waals surface area contributed by atoms with Crippen LogP contribution < -0.4 is 11.0 Å². The third-order valence-electron chi connectivity index (χ3n) is 5.48. The van der Waals surface area contributed by atoms with Gasteiger partial charge in [0.2, 0.25) is 0 Å². The molecule has 1 N–H and O–H groups in total. The highest BCUT2D eigenvalue weighted by atomic mass is 32.2. The second-order valence-electron chi connectivity index (χ2n) is 7.36. The minimum absolute atomic E-state index is 0.0712. The predicted molar refractivity (Wildman–Crippen MR) is 92.7 cm³/mol. The van der Waals surface area contributed by atoms with Crippen molar-refractivity contribution in [3.8, 4) is 0 Å². The number of nitrogens with zero attached hydrogens (tertiary/aromatic N) is 3. The lowest BCUT2D eigenvalue weighted by Crippen LogP contribution is -2.49. The molecule has 0 radical (unpaired) electrons. The van der Waals surface area contributed by atoms with Crippen molar-refractivity contribution in [3.63, 3.8) is 0 Å². The van der Waals surface area contributed by atoms with Gasteiger partial charge < -0.3 is 5.32 Å². The highest BCUT2D eigenvalue weighted by Crippen LogP contribution is 2.28. The van der Waals surface area contributed by atoms with Crippen LogP contribution in [-0.2, 0) is 30.4 Å². The van der Waals surface area contributed by atoms with E-state index >= 15 is 0 Å². The van der Waals surface area contributed by atoms with Crippen LogP contribution in [0.5, 0.6) is 0 Å². The molecule has 1 aliphatic heterocycles. The van der Waals surface area contributed by atoms with Gasteiger partial charge in [0.15, 0.2) is 9.84 Å². The van der Waals surface area contributed by atoms with E-state index in [1.165, 1.54) is 17.5 Å². The summed E-state index contributed by atoms with van der Waals surface area (Å²) >= 11 is 0. The minimum Gasteiger partial charge on any atom is -0.310 e. The summed E-state index contributed by atoms with van der Waals surface area (Å²) in [6.07, 6.45) is 6.99. The van der Waals surface area contributed by atoms with Crippen LogP contribution in [0.15, 0.2) is 4.79 Å². The SMILES string of the molecule is Cn1nc(C[C@H]2CCCC[C@H]2NC2CCCS(=O)(=O)C2)n(C)c1=O. The molecule has 1 aromatic heterocycles. The summed E-state index contributed by atoms with van der Waals surface area (Å²) in [5.41, 5.74) is -0.0938. The fourth-order valence-electron chi connectivity index (χ4n) is 4.15. The molecule has 1 unspecified atom stereocenters. The molecule has 1 saturated heterocycles. The Balaban J connectivity index is 1.69. The average Bonchev–Trinajstić information content (AvgIpc) is 2.75. The van der Waals surface area contributed by atoms with E-state index < -0.39 is 9.84 Å². The molecule has 7 nitrogen and oxygen atoms in total. The molecule has 0 bridgehead atoms. The molecule has 0 spiro atoms. The van der Waals surface area contributed by atoms with Crippen LogP contribution in [0.25, 0.3) is 0 Å². The number of aromatic nitrogens is 3. The molecule has 0 amide bonds. The number of nitrogens with one attached hydrogen (secondary N) is 1. The molecular weight excluding hydrogens is 328 g/mol. The Hall–Kier alpha value is -1.15. The number of rotatable bonds is 4. The Morgan fingerprint density at radius 3 is 2.58 bits per heavy atom. The van der Waals surface area contributed by atoms with Crippen LogP contribution in [0, 0.1) is 5.92 Å². The van der Waals surface area contributed by atoms with Crippen LogP contribution in [-0.4, -0.2) is 46.4 Å². The smallest absolute Gasteiger partial charge is 0.310 e. The highest BCUT2D eigenvalue weighted by Gasteiger charge is 2.31. The quantitative estimate of drug-likeness (QED) is 0.843. The van der Waals surface area contributed by atoms with Gasteiger partial charge >= 0.3 is 5.69 Å². The van der Waals surface area contributed by atoms with Gasteiger partial charge in [-0.2, -0.15) is 5.10 Å². The molecule has 8 heteroatoms. The number of hydrogen-bond acceptors (Lipinski definition) is 5. The van der Waals surface area contributed by atoms with E-state index in [2.05, 4.69) is 10.4 Å². The zero-order valence-corrected chi connectivity index (χ0v) is 15.4. The molecule has 0 aromatic carbocycles. The first-order valence-corrected chi connectivity index (χ1v) is 10.7. The van der Waals surface area contributed by atoms with Crippen molar-refractivity contribution in [3.05, 3.63) is 16.3 Å². The monoisotopic (exact) mass is 356 g/mol. The van der Waals surface area contributed by atoms with E-state index in [0.29, 0.717) is 17.7 Å². The Bertz CT molecular complexity index is 737. The van der Waals surface area contributed by atoms with Crippen LogP contribution in [0.4, 0.5) is 0 Å². The summed E-state index contributed by atoms with van der Waals surface area (Å²) in [5.74, 6) is 1.81. The van der Waals surface area contributed by atoms with Crippen molar-refractivity contribution in [2.24, 2.45) is 20.0 Å². The van der Waals surface area contributed by atoms with Crippen LogP contribution >= 0.6 is 0 Å². The Morgan fingerprint density at radius 2 is 1.92 bits per heavy atom. The first-order chi connectivity index (χ1) is 11.4. The van der Waals surface area contributed by atoms with Gasteiger partial charge in [-0.25, -0.2) is 17.9 Å². The number of aryl methyl sites for hydroxylation is 1. The van der Waals surface area contributed by atoms with Crippen molar-refractivity contribution < 1.29 is 8.42 Å². The Kier molecular flexibility index (Phi) is 5.15. The summed E-state index contributed by atoms with van der Waals surface area (Å²) < 4.78 is 26.7. The first-order valence-electron chi connectivity index (χ1n) is 8.91. The standard InChI is InChI=1S/C16H28N4O3S/c1-19-15(18-20(2)16(19)21)10-12-6-3-4-8-14(12)17-13-7-5-9-24(22,23)11-13/h12-14,17H,3-11H2,1-2H3/t12-,13?,14-/m1/s1. The molecule has 24 heavy (non-hydrogen) atoms. The molecule has 3 rings (SSSR count). The second-order valence-corrected chi connectivity index (χ2v) is 9.59. The fraction of sp³-hybridized carbons (Fsp3) is 0.875. The van der Waals surface area contributed by atoms with Gasteiger partial charge in [0.1, 0.15) is 5.82 Å². The molecule has 2 heterocycles. The molecular formula is C16H28N4O3S. The van der Waals surface area contributed by atoms with Crippen molar-refractivity contribution in [2.45, 2.75) is 57.0 Å². The predicted octanol–water partition coefficient (Wildman–Crippen LogP) is 0.387. The lowest BCUT2D eigenvalue weighted by Gasteiger charge is -2.36. The van der Waals surface area contributed by atoms with Gasteiger partial charge in [0.05, 0.1) is 11.5 Å². The van der Waals surface area contributed by atoms with E-state index in [0.717, 1.165) is 37.9 Å². The lowest BCUT2D eigenvalue weighted by molar-refractivity contribution is 0.236. The maximum Gasteiger partial charge on any atom is 0.345 e. The van der Waals surface area contributed by atoms with Crippen molar-refractivity contribution in [2.75, 3.05) is 11.5 Å². The van der Waals surface area contributed by atoms with Gasteiger partial charge in [-0.15, -0.1) is 0 Å². The Labute approximate surface area is 143 Å². The lowest BCUT2D eigenvalue weighted by atomic mass is 9.81. The maximum atomic E-state index is 11.9. The first kappa shape index (κ1) is 17.7.